The van der Waals surface area contributed by atoms with E-state index < -0.39 is 0 Å². The van der Waals surface area contributed by atoms with Gasteiger partial charge >= 0.3 is 0 Å². The van der Waals surface area contributed by atoms with Crippen LogP contribution in [0.3, 0.4) is 0 Å². The number of hydrogen-bond acceptors (Lipinski definition) is 3. The molecule has 4 nitrogen and oxygen atoms in total. The third-order valence-corrected chi connectivity index (χ3v) is 3.12. The van der Waals surface area contributed by atoms with Crippen LogP contribution in [0.15, 0.2) is 12.7 Å². The fourth-order valence-corrected chi connectivity index (χ4v) is 1.98. The van der Waals surface area contributed by atoms with Crippen molar-refractivity contribution in [2.75, 3.05) is 0 Å². The first-order valence-corrected chi connectivity index (χ1v) is 6.91. The summed E-state index contributed by atoms with van der Waals surface area (Å²) in [5.41, 5.74) is 6.07. The van der Waals surface area contributed by atoms with Crippen molar-refractivity contribution in [3.63, 3.8) is 0 Å². The fourth-order valence-electron chi connectivity index (χ4n) is 1.98. The van der Waals surface area contributed by atoms with E-state index in [0.717, 1.165) is 19.4 Å². The Morgan fingerprint density at radius 1 is 1.12 bits per heavy atom. The molecule has 1 aromatic heterocycles. The molecule has 0 aliphatic heterocycles. The molecule has 1 atom stereocenters. The SMILES string of the molecule is CCCCCCCCC(N)CCn1cncn1. The second-order valence-electron chi connectivity index (χ2n) is 4.76. The molecule has 0 aliphatic rings. The van der Waals surface area contributed by atoms with Crippen molar-refractivity contribution < 1.29 is 0 Å². The zero-order valence-corrected chi connectivity index (χ0v) is 11.0. The summed E-state index contributed by atoms with van der Waals surface area (Å²) in [6.07, 6.45) is 13.5. The summed E-state index contributed by atoms with van der Waals surface area (Å²) in [4.78, 5) is 3.92. The molecule has 1 heterocycles. The Morgan fingerprint density at radius 3 is 2.59 bits per heavy atom. The molecule has 0 radical (unpaired) electrons. The maximum Gasteiger partial charge on any atom is 0.137 e. The molecule has 0 saturated heterocycles. The first-order chi connectivity index (χ1) is 8.33. The molecule has 1 unspecified atom stereocenters. The van der Waals surface area contributed by atoms with Crippen LogP contribution in [-0.2, 0) is 6.54 Å². The molecule has 0 fully saturated rings. The Bertz CT molecular complexity index is 258. The Labute approximate surface area is 105 Å². The van der Waals surface area contributed by atoms with Crippen molar-refractivity contribution in [3.05, 3.63) is 12.7 Å². The van der Waals surface area contributed by atoms with Gasteiger partial charge in [-0.1, -0.05) is 45.4 Å². The molecule has 0 saturated carbocycles. The topological polar surface area (TPSA) is 56.7 Å². The maximum atomic E-state index is 6.07. The van der Waals surface area contributed by atoms with Crippen molar-refractivity contribution in [3.8, 4) is 0 Å². The highest BCUT2D eigenvalue weighted by molar-refractivity contribution is 4.63. The van der Waals surface area contributed by atoms with Gasteiger partial charge in [0.1, 0.15) is 12.7 Å². The van der Waals surface area contributed by atoms with Gasteiger partial charge in [0.05, 0.1) is 0 Å². The van der Waals surface area contributed by atoms with Crippen molar-refractivity contribution in [2.45, 2.75) is 70.9 Å². The van der Waals surface area contributed by atoms with Crippen molar-refractivity contribution in [2.24, 2.45) is 5.73 Å². The predicted octanol–water partition coefficient (Wildman–Crippen LogP) is 2.75. The molecule has 0 amide bonds. The normalized spacial score (nSPS) is 12.8. The Kier molecular flexibility index (Phi) is 7.63. The lowest BCUT2D eigenvalue weighted by atomic mass is 10.0. The highest BCUT2D eigenvalue weighted by Crippen LogP contribution is 2.09. The average molecular weight is 238 g/mol. The molecule has 17 heavy (non-hydrogen) atoms. The summed E-state index contributed by atoms with van der Waals surface area (Å²) in [7, 11) is 0. The molecule has 2 N–H and O–H groups in total. The summed E-state index contributed by atoms with van der Waals surface area (Å²) in [6, 6.07) is 0.311. The van der Waals surface area contributed by atoms with E-state index in [2.05, 4.69) is 17.0 Å². The maximum absolute atomic E-state index is 6.07. The van der Waals surface area contributed by atoms with Crippen molar-refractivity contribution in [1.29, 1.82) is 0 Å². The van der Waals surface area contributed by atoms with Gasteiger partial charge in [-0.15, -0.1) is 0 Å². The Morgan fingerprint density at radius 2 is 1.88 bits per heavy atom. The van der Waals surface area contributed by atoms with Crippen LogP contribution >= 0.6 is 0 Å². The first kappa shape index (κ1) is 14.2. The molecule has 1 rings (SSSR count). The molecular formula is C13H26N4. The van der Waals surface area contributed by atoms with Crippen LogP contribution in [0, 0.1) is 0 Å². The molecule has 98 valence electrons. The van der Waals surface area contributed by atoms with Gasteiger partial charge in [-0.05, 0) is 12.8 Å². The molecule has 0 spiro atoms. The first-order valence-electron chi connectivity index (χ1n) is 6.91. The van der Waals surface area contributed by atoms with Crippen LogP contribution in [0.2, 0.25) is 0 Å². The smallest absolute Gasteiger partial charge is 0.137 e. The molecule has 4 heteroatoms. The van der Waals surface area contributed by atoms with Gasteiger partial charge in [-0.3, -0.25) is 4.68 Å². The minimum Gasteiger partial charge on any atom is -0.328 e. The summed E-state index contributed by atoms with van der Waals surface area (Å²) in [5.74, 6) is 0. The van der Waals surface area contributed by atoms with E-state index in [1.165, 1.54) is 38.5 Å². The summed E-state index contributed by atoms with van der Waals surface area (Å²) < 4.78 is 1.85. The van der Waals surface area contributed by atoms with Crippen molar-refractivity contribution in [1.82, 2.24) is 14.8 Å². The van der Waals surface area contributed by atoms with Crippen LogP contribution in [0.4, 0.5) is 0 Å². The summed E-state index contributed by atoms with van der Waals surface area (Å²) >= 11 is 0. The van der Waals surface area contributed by atoms with E-state index in [0.29, 0.717) is 6.04 Å². The molecule has 0 bridgehead atoms. The van der Waals surface area contributed by atoms with Gasteiger partial charge in [0.15, 0.2) is 0 Å². The van der Waals surface area contributed by atoms with Crippen LogP contribution in [0.5, 0.6) is 0 Å². The number of aryl methyl sites for hydroxylation is 1. The number of unbranched alkanes of at least 4 members (excludes halogenated alkanes) is 5. The minimum atomic E-state index is 0.311. The van der Waals surface area contributed by atoms with Gasteiger partial charge < -0.3 is 5.73 Å². The van der Waals surface area contributed by atoms with Crippen molar-refractivity contribution >= 4 is 0 Å². The second kappa shape index (κ2) is 9.16. The van der Waals surface area contributed by atoms with Crippen LogP contribution in [-0.4, -0.2) is 20.8 Å². The van der Waals surface area contributed by atoms with E-state index >= 15 is 0 Å². The minimum absolute atomic E-state index is 0.311. The predicted molar refractivity (Wildman–Crippen MR) is 70.6 cm³/mol. The van der Waals surface area contributed by atoms with E-state index in [-0.39, 0.29) is 0 Å². The number of aromatic nitrogens is 3. The molecule has 1 aromatic rings. The standard InChI is InChI=1S/C13H26N4/c1-2-3-4-5-6-7-8-13(14)9-10-17-12-15-11-16-17/h11-13H,2-10,14H2,1H3. The van der Waals surface area contributed by atoms with Gasteiger partial charge in [-0.2, -0.15) is 5.10 Å². The lowest BCUT2D eigenvalue weighted by Crippen LogP contribution is -2.22. The van der Waals surface area contributed by atoms with E-state index in [1.54, 1.807) is 12.7 Å². The summed E-state index contributed by atoms with van der Waals surface area (Å²) in [6.45, 7) is 3.14. The third-order valence-electron chi connectivity index (χ3n) is 3.12. The van der Waals surface area contributed by atoms with E-state index in [1.807, 2.05) is 4.68 Å². The van der Waals surface area contributed by atoms with Gasteiger partial charge in [0.25, 0.3) is 0 Å². The van der Waals surface area contributed by atoms with E-state index in [4.69, 9.17) is 5.73 Å². The molecule has 0 aliphatic carbocycles. The van der Waals surface area contributed by atoms with Gasteiger partial charge in [-0.25, -0.2) is 4.98 Å². The number of rotatable bonds is 10. The number of nitrogens with two attached hydrogens (primary N) is 1. The highest BCUT2D eigenvalue weighted by atomic mass is 15.3. The van der Waals surface area contributed by atoms with Gasteiger partial charge in [0, 0.05) is 12.6 Å². The van der Waals surface area contributed by atoms with Gasteiger partial charge in [0.2, 0.25) is 0 Å². The largest absolute Gasteiger partial charge is 0.328 e. The monoisotopic (exact) mass is 238 g/mol. The quantitative estimate of drug-likeness (QED) is 0.638. The van der Waals surface area contributed by atoms with Crippen LogP contribution in [0.1, 0.15) is 58.3 Å². The molecule has 0 aromatic carbocycles. The third kappa shape index (κ3) is 7.10. The highest BCUT2D eigenvalue weighted by Gasteiger charge is 2.03. The zero-order chi connectivity index (χ0) is 12.3. The average Bonchev–Trinajstić information content (AvgIpc) is 2.84. The lowest BCUT2D eigenvalue weighted by molar-refractivity contribution is 0.465. The zero-order valence-electron chi connectivity index (χ0n) is 11.0. The van der Waals surface area contributed by atoms with Crippen LogP contribution < -0.4 is 5.73 Å². The fraction of sp³-hybridized carbons (Fsp3) is 0.846. The Hall–Kier alpha value is -0.900. The van der Waals surface area contributed by atoms with E-state index in [9.17, 15) is 0 Å². The lowest BCUT2D eigenvalue weighted by Gasteiger charge is -2.10. The Balaban J connectivity index is 1.92. The molecular weight excluding hydrogens is 212 g/mol. The summed E-state index contributed by atoms with van der Waals surface area (Å²) in [5, 5.41) is 4.07. The second-order valence-corrected chi connectivity index (χ2v) is 4.76. The number of hydrogen-bond donors (Lipinski definition) is 1. The van der Waals surface area contributed by atoms with Crippen LogP contribution in [0.25, 0.3) is 0 Å². The number of nitrogens with zero attached hydrogens (tertiary/aromatic N) is 3.